The molecule has 0 radical (unpaired) electrons. The van der Waals surface area contributed by atoms with E-state index in [-0.39, 0.29) is 19.4 Å². The third-order valence-electron chi connectivity index (χ3n) is 9.50. The zero-order valence-electron chi connectivity index (χ0n) is 33.9. The van der Waals surface area contributed by atoms with Crippen LogP contribution in [0.25, 0.3) is 0 Å². The number of phosphoric ester groups is 1. The first-order valence-electron chi connectivity index (χ1n) is 21.4. The van der Waals surface area contributed by atoms with Gasteiger partial charge in [0.2, 0.25) is 0 Å². The third-order valence-corrected chi connectivity index (χ3v) is 10.5. The van der Waals surface area contributed by atoms with Gasteiger partial charge in [0.05, 0.1) is 32.0 Å². The monoisotopic (exact) mass is 789 g/mol. The van der Waals surface area contributed by atoms with E-state index in [1.54, 1.807) is 0 Å². The van der Waals surface area contributed by atoms with Crippen LogP contribution in [-0.2, 0) is 37.4 Å². The average molecular weight is 789 g/mol. The Hall–Kier alpha value is -1.59. The van der Waals surface area contributed by atoms with Crippen molar-refractivity contribution in [2.75, 3.05) is 26.4 Å². The molecule has 0 saturated carbocycles. The molecule has 3 unspecified atom stereocenters. The van der Waals surface area contributed by atoms with E-state index in [1.807, 2.05) is 0 Å². The number of hydrogen-bond acceptors (Lipinski definition) is 10. The summed E-state index contributed by atoms with van der Waals surface area (Å²) in [6.45, 7) is 2.31. The number of aliphatic hydroxyl groups excluding tert-OH is 2. The van der Waals surface area contributed by atoms with Gasteiger partial charge in [-0.2, -0.15) is 0 Å². The number of ether oxygens (including phenoxy) is 3. The minimum atomic E-state index is -4.62. The molecule has 0 aromatic heterocycles. The molecule has 11 nitrogen and oxygen atoms in total. The lowest BCUT2D eigenvalue weighted by atomic mass is 10.1. The molecule has 1 heterocycles. The first-order chi connectivity index (χ1) is 26.2. The highest BCUT2D eigenvalue weighted by Crippen LogP contribution is 2.43. The summed E-state index contributed by atoms with van der Waals surface area (Å²) in [5.41, 5.74) is 0. The predicted molar refractivity (Wildman–Crippen MR) is 214 cm³/mol. The van der Waals surface area contributed by atoms with Gasteiger partial charge < -0.3 is 29.3 Å². The number of carbonyl (C=O) groups excluding carboxylic acids is 2. The Kier molecular flexibility index (Phi) is 32.4. The number of esters is 2. The Morgan fingerprint density at radius 3 is 1.78 bits per heavy atom. The van der Waals surface area contributed by atoms with Gasteiger partial charge in [-0.25, -0.2) is 4.57 Å². The number of carbonyl (C=O) groups is 2. The van der Waals surface area contributed by atoms with Crippen molar-refractivity contribution in [2.24, 2.45) is 0 Å². The largest absolute Gasteiger partial charge is 0.472 e. The number of aliphatic hydroxyl groups is 2. The zero-order valence-corrected chi connectivity index (χ0v) is 34.8. The molecule has 5 atom stereocenters. The maximum Gasteiger partial charge on any atom is 0.472 e. The Balaban J connectivity index is 2.27. The van der Waals surface area contributed by atoms with Crippen LogP contribution in [-0.4, -0.2) is 77.9 Å². The summed E-state index contributed by atoms with van der Waals surface area (Å²) in [7, 11) is -4.62. The lowest BCUT2D eigenvalue weighted by Crippen LogP contribution is -2.29. The summed E-state index contributed by atoms with van der Waals surface area (Å²) < 4.78 is 38.5. The van der Waals surface area contributed by atoms with E-state index in [1.165, 1.54) is 57.8 Å². The summed E-state index contributed by atoms with van der Waals surface area (Å²) in [5, 5.41) is 18.3. The number of unbranched alkanes of at least 4 members (excludes halogenated alkanes) is 18. The summed E-state index contributed by atoms with van der Waals surface area (Å²) in [5.74, 6) is -0.955. The van der Waals surface area contributed by atoms with Crippen LogP contribution in [0, 0.1) is 0 Å². The predicted octanol–water partition coefficient (Wildman–Crippen LogP) is 9.99. The quantitative estimate of drug-likeness (QED) is 0.0179. The molecule has 1 saturated heterocycles. The maximum absolute atomic E-state index is 12.6. The van der Waals surface area contributed by atoms with Gasteiger partial charge in [0.1, 0.15) is 12.7 Å². The standard InChI is InChI=1S/C42H77O11P/c1-3-5-7-9-11-12-13-14-15-16-17-18-19-23-28-32-42(46)52-38(36-51-54(47,48)50-34-37(44)33-43)35-49-41(45)31-27-24-20-22-26-30-40-39(53-40)29-25-21-10-8-6-4-2/h14-15,21,25,37-40,43-44H,3-13,16-20,22-24,26-36H2,1-2H3,(H,47,48)/b15-14-,25-21-/t37-,38+,39?,40?/m0/s1. The van der Waals surface area contributed by atoms with E-state index in [0.717, 1.165) is 83.5 Å². The number of epoxide rings is 1. The van der Waals surface area contributed by atoms with Crippen molar-refractivity contribution >= 4 is 19.8 Å². The minimum Gasteiger partial charge on any atom is -0.462 e. The van der Waals surface area contributed by atoms with Crippen LogP contribution in [0.15, 0.2) is 24.3 Å². The molecular weight excluding hydrogens is 711 g/mol. The molecule has 12 heteroatoms. The molecule has 54 heavy (non-hydrogen) atoms. The van der Waals surface area contributed by atoms with E-state index in [9.17, 15) is 24.2 Å². The maximum atomic E-state index is 12.6. The van der Waals surface area contributed by atoms with Crippen LogP contribution >= 0.6 is 7.82 Å². The lowest BCUT2D eigenvalue weighted by molar-refractivity contribution is -0.161. The van der Waals surface area contributed by atoms with E-state index >= 15 is 0 Å². The van der Waals surface area contributed by atoms with Crippen molar-refractivity contribution in [1.29, 1.82) is 0 Å². The number of rotatable bonds is 39. The summed E-state index contributed by atoms with van der Waals surface area (Å²) >= 11 is 0. The molecule has 1 aliphatic rings. The van der Waals surface area contributed by atoms with Crippen molar-refractivity contribution in [2.45, 2.75) is 205 Å². The van der Waals surface area contributed by atoms with Crippen molar-refractivity contribution in [3.8, 4) is 0 Å². The molecule has 3 N–H and O–H groups in total. The number of phosphoric acid groups is 1. The second kappa shape index (κ2) is 34.6. The van der Waals surface area contributed by atoms with Gasteiger partial charge in [-0.15, -0.1) is 0 Å². The molecule has 0 aromatic rings. The fraction of sp³-hybridized carbons (Fsp3) is 0.857. The fourth-order valence-corrected chi connectivity index (χ4v) is 6.84. The fourth-order valence-electron chi connectivity index (χ4n) is 6.05. The summed E-state index contributed by atoms with van der Waals surface area (Å²) in [4.78, 5) is 35.0. The highest BCUT2D eigenvalue weighted by molar-refractivity contribution is 7.47. The third kappa shape index (κ3) is 31.6. The lowest BCUT2D eigenvalue weighted by Gasteiger charge is -2.20. The molecule has 1 aliphatic heterocycles. The van der Waals surface area contributed by atoms with E-state index in [0.29, 0.717) is 25.0 Å². The van der Waals surface area contributed by atoms with E-state index in [2.05, 4.69) is 42.7 Å². The number of allylic oxidation sites excluding steroid dienone is 3. The Labute approximate surface area is 327 Å². The van der Waals surface area contributed by atoms with Crippen LogP contribution in [0.1, 0.15) is 181 Å². The molecule has 0 aromatic carbocycles. The first kappa shape index (κ1) is 50.4. The van der Waals surface area contributed by atoms with Gasteiger partial charge in [-0.1, -0.05) is 128 Å². The molecule has 0 spiro atoms. The van der Waals surface area contributed by atoms with Crippen LogP contribution < -0.4 is 0 Å². The summed E-state index contributed by atoms with van der Waals surface area (Å²) in [6.07, 6.45) is 34.4. The molecule has 316 valence electrons. The normalized spacial score (nSPS) is 17.9. The van der Waals surface area contributed by atoms with Gasteiger partial charge in [-0.3, -0.25) is 18.6 Å². The van der Waals surface area contributed by atoms with Crippen molar-refractivity contribution in [3.63, 3.8) is 0 Å². The van der Waals surface area contributed by atoms with E-state index in [4.69, 9.17) is 23.8 Å². The van der Waals surface area contributed by atoms with Crippen molar-refractivity contribution < 1.29 is 52.5 Å². The van der Waals surface area contributed by atoms with E-state index < -0.39 is 51.8 Å². The Morgan fingerprint density at radius 1 is 0.648 bits per heavy atom. The molecule has 1 rings (SSSR count). The molecule has 1 fully saturated rings. The highest BCUT2D eigenvalue weighted by Gasteiger charge is 2.36. The number of hydrogen-bond donors (Lipinski definition) is 3. The van der Waals surface area contributed by atoms with Crippen LogP contribution in [0.4, 0.5) is 0 Å². The van der Waals surface area contributed by atoms with Gasteiger partial charge in [-0.05, 0) is 64.2 Å². The zero-order chi connectivity index (χ0) is 39.5. The summed E-state index contributed by atoms with van der Waals surface area (Å²) in [6, 6.07) is 0. The molecular formula is C42H77O11P. The van der Waals surface area contributed by atoms with Crippen LogP contribution in [0.5, 0.6) is 0 Å². The van der Waals surface area contributed by atoms with Gasteiger partial charge in [0.25, 0.3) is 0 Å². The second-order valence-electron chi connectivity index (χ2n) is 14.7. The van der Waals surface area contributed by atoms with Gasteiger partial charge in [0, 0.05) is 12.8 Å². The SMILES string of the molecule is CCCCC/C=C\CC1OC1CCCCCCCC(=O)OC[C@H](COP(=O)(O)OC[C@@H](O)CO)OC(=O)CCCCCCC/C=C\CCCCCCCC. The second-order valence-corrected chi connectivity index (χ2v) is 16.2. The van der Waals surface area contributed by atoms with Crippen molar-refractivity contribution in [3.05, 3.63) is 24.3 Å². The molecule has 0 aliphatic carbocycles. The minimum absolute atomic E-state index is 0.169. The highest BCUT2D eigenvalue weighted by atomic mass is 31.2. The van der Waals surface area contributed by atoms with Crippen LogP contribution in [0.2, 0.25) is 0 Å². The molecule has 0 bridgehead atoms. The van der Waals surface area contributed by atoms with Gasteiger partial charge >= 0.3 is 19.8 Å². The average Bonchev–Trinajstić information content (AvgIpc) is 3.92. The smallest absolute Gasteiger partial charge is 0.462 e. The Bertz CT molecular complexity index is 1020. The van der Waals surface area contributed by atoms with Crippen molar-refractivity contribution in [1.82, 2.24) is 0 Å². The van der Waals surface area contributed by atoms with Crippen LogP contribution in [0.3, 0.4) is 0 Å². The Morgan fingerprint density at radius 2 is 1.15 bits per heavy atom. The first-order valence-corrected chi connectivity index (χ1v) is 22.9. The topological polar surface area (TPSA) is 161 Å². The van der Waals surface area contributed by atoms with Gasteiger partial charge in [0.15, 0.2) is 6.10 Å². The molecule has 0 amide bonds.